The van der Waals surface area contributed by atoms with Crippen LogP contribution >= 0.6 is 0 Å². The third-order valence-corrected chi connectivity index (χ3v) is 2.68. The van der Waals surface area contributed by atoms with Crippen LogP contribution in [0.2, 0.25) is 0 Å². The molecule has 0 aromatic heterocycles. The molecule has 0 aromatic rings. The second-order valence-electron chi connectivity index (χ2n) is 3.53. The molecule has 2 nitrogen and oxygen atoms in total. The van der Waals surface area contributed by atoms with E-state index in [0.29, 0.717) is 6.04 Å². The lowest BCUT2D eigenvalue weighted by Crippen LogP contribution is -2.38. The largest absolute Gasteiger partial charge is 0.395 e. The van der Waals surface area contributed by atoms with Crippen LogP contribution in [-0.4, -0.2) is 24.3 Å². The summed E-state index contributed by atoms with van der Waals surface area (Å²) in [4.78, 5) is 0. The van der Waals surface area contributed by atoms with Gasteiger partial charge in [-0.25, -0.2) is 0 Å². The molecule has 1 aliphatic heterocycles. The first-order chi connectivity index (χ1) is 5.90. The number of aliphatic hydroxyl groups is 1. The van der Waals surface area contributed by atoms with E-state index in [1.165, 1.54) is 18.4 Å². The predicted octanol–water partition coefficient (Wildman–Crippen LogP) is 0.987. The molecule has 1 aliphatic carbocycles. The van der Waals surface area contributed by atoms with E-state index in [9.17, 15) is 0 Å². The maximum Gasteiger partial charge on any atom is 0.0587 e. The van der Waals surface area contributed by atoms with Crippen LogP contribution in [-0.2, 0) is 0 Å². The van der Waals surface area contributed by atoms with Crippen LogP contribution in [0.1, 0.15) is 19.3 Å². The Kier molecular flexibility index (Phi) is 2.28. The van der Waals surface area contributed by atoms with Crippen LogP contribution in [0, 0.1) is 0 Å². The zero-order valence-corrected chi connectivity index (χ0v) is 7.21. The highest BCUT2D eigenvalue weighted by molar-refractivity contribution is 5.33. The van der Waals surface area contributed by atoms with Crippen LogP contribution in [0.5, 0.6) is 0 Å². The van der Waals surface area contributed by atoms with Crippen LogP contribution in [0.25, 0.3) is 0 Å². The molecule has 2 rings (SSSR count). The fourth-order valence-electron chi connectivity index (χ4n) is 1.93. The van der Waals surface area contributed by atoms with Gasteiger partial charge < -0.3 is 10.4 Å². The Morgan fingerprint density at radius 1 is 1.58 bits per heavy atom. The van der Waals surface area contributed by atoms with Gasteiger partial charge in [0.1, 0.15) is 0 Å². The monoisotopic (exact) mass is 165 g/mol. The second kappa shape index (κ2) is 3.42. The Balaban J connectivity index is 2.11. The number of hydrogen-bond acceptors (Lipinski definition) is 2. The van der Waals surface area contributed by atoms with Gasteiger partial charge in [0, 0.05) is 12.6 Å². The highest BCUT2D eigenvalue weighted by Crippen LogP contribution is 2.25. The zero-order chi connectivity index (χ0) is 8.39. The van der Waals surface area contributed by atoms with Crippen LogP contribution in [0.4, 0.5) is 0 Å². The van der Waals surface area contributed by atoms with E-state index < -0.39 is 0 Å². The van der Waals surface area contributed by atoms with Crippen molar-refractivity contribution in [2.75, 3.05) is 13.2 Å². The molecule has 1 heterocycles. The van der Waals surface area contributed by atoms with Crippen molar-refractivity contribution in [2.24, 2.45) is 0 Å². The number of rotatable bonds is 1. The highest BCUT2D eigenvalue weighted by Gasteiger charge is 2.19. The fourth-order valence-corrected chi connectivity index (χ4v) is 1.93. The van der Waals surface area contributed by atoms with Crippen molar-refractivity contribution in [1.29, 1.82) is 0 Å². The Hall–Kier alpha value is -0.600. The molecule has 0 saturated heterocycles. The molecule has 0 radical (unpaired) electrons. The van der Waals surface area contributed by atoms with Gasteiger partial charge in [0.15, 0.2) is 0 Å². The lowest BCUT2D eigenvalue weighted by atomic mass is 9.89. The smallest absolute Gasteiger partial charge is 0.0587 e. The summed E-state index contributed by atoms with van der Waals surface area (Å²) < 4.78 is 0. The Morgan fingerprint density at radius 2 is 2.50 bits per heavy atom. The first-order valence-electron chi connectivity index (χ1n) is 4.62. The Bertz CT molecular complexity index is 230. The van der Waals surface area contributed by atoms with Gasteiger partial charge in [-0.15, -0.1) is 0 Å². The van der Waals surface area contributed by atoms with E-state index in [4.69, 9.17) is 5.11 Å². The van der Waals surface area contributed by atoms with Gasteiger partial charge in [-0.2, -0.15) is 0 Å². The van der Waals surface area contributed by atoms with Gasteiger partial charge in [0.25, 0.3) is 0 Å². The van der Waals surface area contributed by atoms with E-state index in [0.717, 1.165) is 13.0 Å². The van der Waals surface area contributed by atoms with Crippen LogP contribution in [0.3, 0.4) is 0 Å². The minimum Gasteiger partial charge on any atom is -0.395 e. The zero-order valence-electron chi connectivity index (χ0n) is 7.21. The summed E-state index contributed by atoms with van der Waals surface area (Å²) in [6.07, 6.45) is 7.87. The number of allylic oxidation sites excluding steroid dienone is 1. The fraction of sp³-hybridized carbons (Fsp3) is 0.600. The maximum absolute atomic E-state index is 8.98. The SMILES string of the molecule is OCC1CC2=C(C=CCC2)CN1. The number of aliphatic hydroxyl groups excluding tert-OH is 1. The molecule has 66 valence electrons. The molecule has 1 atom stereocenters. The Morgan fingerprint density at radius 3 is 3.33 bits per heavy atom. The second-order valence-corrected chi connectivity index (χ2v) is 3.53. The van der Waals surface area contributed by atoms with Gasteiger partial charge in [-0.05, 0) is 24.8 Å². The topological polar surface area (TPSA) is 32.3 Å². The van der Waals surface area contributed by atoms with Crippen molar-refractivity contribution in [2.45, 2.75) is 25.3 Å². The van der Waals surface area contributed by atoms with Crippen LogP contribution in [0.15, 0.2) is 23.3 Å². The average molecular weight is 165 g/mol. The summed E-state index contributed by atoms with van der Waals surface area (Å²) >= 11 is 0. The summed E-state index contributed by atoms with van der Waals surface area (Å²) in [5, 5.41) is 12.3. The van der Waals surface area contributed by atoms with Crippen molar-refractivity contribution in [3.8, 4) is 0 Å². The lowest BCUT2D eigenvalue weighted by molar-refractivity contribution is 0.239. The summed E-state index contributed by atoms with van der Waals surface area (Å²) in [6, 6.07) is 0.301. The third-order valence-electron chi connectivity index (χ3n) is 2.68. The first kappa shape index (κ1) is 8.02. The quantitative estimate of drug-likeness (QED) is 0.607. The third kappa shape index (κ3) is 1.45. The van der Waals surface area contributed by atoms with E-state index in [2.05, 4.69) is 17.5 Å². The summed E-state index contributed by atoms with van der Waals surface area (Å²) in [5.41, 5.74) is 3.00. The summed E-state index contributed by atoms with van der Waals surface area (Å²) in [6.45, 7) is 1.21. The number of hydrogen-bond donors (Lipinski definition) is 2. The van der Waals surface area contributed by atoms with Gasteiger partial charge in [-0.1, -0.05) is 17.7 Å². The lowest BCUT2D eigenvalue weighted by Gasteiger charge is -2.27. The molecule has 2 heteroatoms. The van der Waals surface area contributed by atoms with Gasteiger partial charge >= 0.3 is 0 Å². The van der Waals surface area contributed by atoms with E-state index in [1.807, 2.05) is 0 Å². The molecule has 1 unspecified atom stereocenters. The van der Waals surface area contributed by atoms with Gasteiger partial charge in [-0.3, -0.25) is 0 Å². The molecular weight excluding hydrogens is 150 g/mol. The van der Waals surface area contributed by atoms with Crippen molar-refractivity contribution < 1.29 is 5.11 Å². The van der Waals surface area contributed by atoms with Crippen LogP contribution < -0.4 is 5.32 Å². The van der Waals surface area contributed by atoms with Crippen molar-refractivity contribution in [3.05, 3.63) is 23.3 Å². The molecule has 0 bridgehead atoms. The normalized spacial score (nSPS) is 28.9. The Labute approximate surface area is 73.0 Å². The van der Waals surface area contributed by atoms with E-state index >= 15 is 0 Å². The molecule has 0 spiro atoms. The van der Waals surface area contributed by atoms with Crippen molar-refractivity contribution in [3.63, 3.8) is 0 Å². The molecule has 2 N–H and O–H groups in total. The molecule has 0 aromatic carbocycles. The molecular formula is C10H15NO. The van der Waals surface area contributed by atoms with E-state index in [1.54, 1.807) is 5.57 Å². The number of nitrogens with one attached hydrogen (secondary N) is 1. The van der Waals surface area contributed by atoms with E-state index in [-0.39, 0.29) is 6.61 Å². The average Bonchev–Trinajstić information content (AvgIpc) is 2.17. The van der Waals surface area contributed by atoms with Gasteiger partial charge in [0.05, 0.1) is 6.61 Å². The minimum atomic E-state index is 0.264. The highest BCUT2D eigenvalue weighted by atomic mass is 16.3. The molecule has 0 saturated carbocycles. The maximum atomic E-state index is 8.98. The minimum absolute atomic E-state index is 0.264. The predicted molar refractivity (Wildman–Crippen MR) is 48.9 cm³/mol. The van der Waals surface area contributed by atoms with Gasteiger partial charge in [0.2, 0.25) is 0 Å². The standard InChI is InChI=1S/C10H15NO/c12-7-10-5-8-3-1-2-4-9(8)6-11-10/h2,4,10-12H,1,3,5-7H2. The molecule has 12 heavy (non-hydrogen) atoms. The molecule has 0 fully saturated rings. The van der Waals surface area contributed by atoms with Crippen molar-refractivity contribution >= 4 is 0 Å². The summed E-state index contributed by atoms with van der Waals surface area (Å²) in [7, 11) is 0. The summed E-state index contributed by atoms with van der Waals surface area (Å²) in [5.74, 6) is 0. The molecule has 0 amide bonds. The first-order valence-corrected chi connectivity index (χ1v) is 4.62. The van der Waals surface area contributed by atoms with Crippen molar-refractivity contribution in [1.82, 2.24) is 5.32 Å². The molecule has 2 aliphatic rings.